The average molecular weight is 530 g/mol. The van der Waals surface area contributed by atoms with Crippen molar-refractivity contribution in [2.75, 3.05) is 11.4 Å². The Bertz CT molecular complexity index is 1210. The monoisotopic (exact) mass is 529 g/mol. The van der Waals surface area contributed by atoms with Gasteiger partial charge in [-0.25, -0.2) is 4.79 Å². The van der Waals surface area contributed by atoms with Gasteiger partial charge in [0.05, 0.1) is 17.9 Å². The first-order valence-electron chi connectivity index (χ1n) is 14.5. The first-order valence-corrected chi connectivity index (χ1v) is 14.5. The van der Waals surface area contributed by atoms with E-state index in [-0.39, 0.29) is 30.8 Å². The van der Waals surface area contributed by atoms with Crippen LogP contribution in [-0.2, 0) is 20.9 Å². The van der Waals surface area contributed by atoms with Gasteiger partial charge >= 0.3 is 6.09 Å². The van der Waals surface area contributed by atoms with Crippen LogP contribution >= 0.6 is 0 Å². The van der Waals surface area contributed by atoms with Crippen LogP contribution in [0.4, 0.5) is 10.5 Å². The molecule has 1 N–H and O–H groups in total. The summed E-state index contributed by atoms with van der Waals surface area (Å²) in [6.07, 6.45) is 8.54. The van der Waals surface area contributed by atoms with Crippen molar-refractivity contribution in [2.45, 2.75) is 83.9 Å². The Morgan fingerprint density at radius 2 is 1.62 bits per heavy atom. The topological polar surface area (TPSA) is 88.1 Å². The smallest absolute Gasteiger partial charge is 0.409 e. The van der Waals surface area contributed by atoms with E-state index in [2.05, 4.69) is 5.32 Å². The number of aryl methyl sites for hydroxylation is 1. The quantitative estimate of drug-likeness (QED) is 0.469. The Balaban J connectivity index is 1.46. The van der Waals surface area contributed by atoms with Crippen molar-refractivity contribution in [3.8, 4) is 0 Å². The predicted molar refractivity (Wildman–Crippen MR) is 152 cm³/mol. The van der Waals surface area contributed by atoms with Crippen molar-refractivity contribution < 1.29 is 19.1 Å². The highest BCUT2D eigenvalue weighted by atomic mass is 16.5. The second-order valence-corrected chi connectivity index (χ2v) is 11.2. The Morgan fingerprint density at radius 3 is 2.33 bits per heavy atom. The molecule has 0 radical (unpaired) electrons. The van der Waals surface area contributed by atoms with E-state index < -0.39 is 18.2 Å². The zero-order valence-electron chi connectivity index (χ0n) is 22.9. The molecular weight excluding hydrogens is 490 g/mol. The molecular formula is C32H39N3O4. The molecule has 2 aliphatic carbocycles. The van der Waals surface area contributed by atoms with E-state index in [4.69, 9.17) is 9.73 Å². The van der Waals surface area contributed by atoms with Crippen molar-refractivity contribution in [2.24, 2.45) is 16.8 Å². The molecule has 7 heteroatoms. The molecule has 1 aliphatic heterocycles. The fourth-order valence-electron chi connectivity index (χ4n) is 6.28. The van der Waals surface area contributed by atoms with E-state index in [0.717, 1.165) is 85.9 Å². The second kappa shape index (κ2) is 12.6. The molecule has 0 spiro atoms. The fourth-order valence-corrected chi connectivity index (χ4v) is 6.28. The van der Waals surface area contributed by atoms with Gasteiger partial charge in [-0.1, -0.05) is 87.1 Å². The van der Waals surface area contributed by atoms with Gasteiger partial charge in [0.15, 0.2) is 5.78 Å². The number of carbonyl (C=O) groups is 3. The first kappa shape index (κ1) is 27.1. The van der Waals surface area contributed by atoms with E-state index in [0.29, 0.717) is 0 Å². The molecule has 0 aromatic heterocycles. The van der Waals surface area contributed by atoms with E-state index in [1.165, 1.54) is 6.42 Å². The van der Waals surface area contributed by atoms with Crippen LogP contribution in [0.15, 0.2) is 53.5 Å². The number of fused-ring (bicyclic) bond motifs is 1. The van der Waals surface area contributed by atoms with Crippen molar-refractivity contribution >= 4 is 29.2 Å². The van der Waals surface area contributed by atoms with Gasteiger partial charge in [0.25, 0.3) is 5.91 Å². The number of ketones is 1. The van der Waals surface area contributed by atoms with E-state index in [1.807, 2.05) is 55.5 Å². The van der Waals surface area contributed by atoms with Crippen LogP contribution in [0, 0.1) is 18.8 Å². The highest BCUT2D eigenvalue weighted by Gasteiger charge is 2.38. The minimum absolute atomic E-state index is 0.00787. The van der Waals surface area contributed by atoms with Crippen LogP contribution < -0.4 is 10.2 Å². The van der Waals surface area contributed by atoms with Crippen molar-refractivity contribution in [3.05, 3.63) is 65.2 Å². The molecule has 1 atom stereocenters. The molecule has 2 aromatic rings. The molecule has 7 nitrogen and oxygen atoms in total. The van der Waals surface area contributed by atoms with Gasteiger partial charge in [-0.05, 0) is 43.7 Å². The maximum absolute atomic E-state index is 14.1. The zero-order valence-corrected chi connectivity index (χ0v) is 22.9. The maximum Gasteiger partial charge on any atom is 0.409 e. The number of carbonyl (C=O) groups excluding carboxylic acids is 3. The maximum atomic E-state index is 14.1. The minimum Gasteiger partial charge on any atom is -0.445 e. The number of rotatable bonds is 7. The van der Waals surface area contributed by atoms with Crippen LogP contribution in [-0.4, -0.2) is 36.2 Å². The fraction of sp³-hybridized carbons (Fsp3) is 0.500. The number of hydrogen-bond donors (Lipinski definition) is 1. The predicted octanol–water partition coefficient (Wildman–Crippen LogP) is 6.11. The highest BCUT2D eigenvalue weighted by molar-refractivity contribution is 6.15. The summed E-state index contributed by atoms with van der Waals surface area (Å²) in [7, 11) is 0. The normalized spacial score (nSPS) is 20.5. The first-order chi connectivity index (χ1) is 19.0. The van der Waals surface area contributed by atoms with Gasteiger partial charge in [-0.3, -0.25) is 19.9 Å². The molecule has 1 heterocycles. The lowest BCUT2D eigenvalue weighted by Gasteiger charge is -2.29. The summed E-state index contributed by atoms with van der Waals surface area (Å²) >= 11 is 0. The number of anilines is 1. The molecule has 2 aromatic carbocycles. The third-order valence-electron chi connectivity index (χ3n) is 8.39. The lowest BCUT2D eigenvalue weighted by atomic mass is 9.82. The number of alkyl carbamates (subject to hydrolysis) is 1. The Labute approximate surface area is 231 Å². The van der Waals surface area contributed by atoms with Crippen LogP contribution in [0.3, 0.4) is 0 Å². The van der Waals surface area contributed by atoms with Crippen LogP contribution in [0.2, 0.25) is 0 Å². The number of Topliss-reactive ketones (excluding diaryl/α,β-unsaturated/α-hetero) is 1. The van der Waals surface area contributed by atoms with Crippen molar-refractivity contribution in [1.29, 1.82) is 0 Å². The molecule has 0 bridgehead atoms. The average Bonchev–Trinajstić information content (AvgIpc) is 3.09. The Hall–Kier alpha value is -3.48. The largest absolute Gasteiger partial charge is 0.445 e. The van der Waals surface area contributed by atoms with Crippen molar-refractivity contribution in [3.63, 3.8) is 0 Å². The summed E-state index contributed by atoms with van der Waals surface area (Å²) in [5.74, 6) is -0.130. The second-order valence-electron chi connectivity index (χ2n) is 11.2. The van der Waals surface area contributed by atoms with Gasteiger partial charge in [0.1, 0.15) is 6.61 Å². The number of amides is 2. The van der Waals surface area contributed by atoms with Crippen LogP contribution in [0.5, 0.6) is 0 Å². The lowest BCUT2D eigenvalue weighted by molar-refractivity contribution is -0.126. The molecule has 5 rings (SSSR count). The third kappa shape index (κ3) is 6.40. The summed E-state index contributed by atoms with van der Waals surface area (Å²) in [5, 5.41) is 2.73. The van der Waals surface area contributed by atoms with Gasteiger partial charge in [0.2, 0.25) is 6.17 Å². The Morgan fingerprint density at radius 1 is 0.923 bits per heavy atom. The van der Waals surface area contributed by atoms with E-state index in [1.54, 1.807) is 4.90 Å². The molecule has 2 fully saturated rings. The summed E-state index contributed by atoms with van der Waals surface area (Å²) in [4.78, 5) is 47.0. The standard InChI is InChI=1S/C32H39N3O4/c1-22-12-11-19-26-28(25-17-9-4-10-18-25)33-30(34-32(38)39-21-23-13-5-2-6-14-23)31(37)35(29(22)26)20-27(36)24-15-7-3-8-16-24/h2,5-6,11-14,19,24-25,30H,3-4,7-10,15-18,20-21H2,1H3,(H,34,38). The molecule has 0 saturated heterocycles. The molecule has 206 valence electrons. The lowest BCUT2D eigenvalue weighted by Crippen LogP contribution is -2.49. The Kier molecular flexibility index (Phi) is 8.74. The minimum atomic E-state index is -1.16. The van der Waals surface area contributed by atoms with E-state index in [9.17, 15) is 14.4 Å². The SMILES string of the molecule is Cc1cccc2c1N(CC(=O)C1CCCCC1)C(=O)C(NC(=O)OCc1ccccc1)N=C2C1CCCCC1. The zero-order chi connectivity index (χ0) is 27.2. The molecule has 2 amide bonds. The number of benzodiazepines with no additional fused rings is 1. The summed E-state index contributed by atoms with van der Waals surface area (Å²) < 4.78 is 5.46. The molecule has 39 heavy (non-hydrogen) atoms. The number of nitrogens with one attached hydrogen (secondary N) is 1. The number of nitrogens with zero attached hydrogens (tertiary/aromatic N) is 2. The number of benzene rings is 2. The number of aliphatic imine (C=N–C) groups is 1. The van der Waals surface area contributed by atoms with Crippen molar-refractivity contribution in [1.82, 2.24) is 5.32 Å². The van der Waals surface area contributed by atoms with E-state index >= 15 is 0 Å². The number of ether oxygens (including phenoxy) is 1. The van der Waals surface area contributed by atoms with Crippen LogP contribution in [0.1, 0.15) is 80.9 Å². The van der Waals surface area contributed by atoms with Gasteiger partial charge in [-0.2, -0.15) is 0 Å². The number of hydrogen-bond acceptors (Lipinski definition) is 5. The number of para-hydroxylation sites is 1. The highest BCUT2D eigenvalue weighted by Crippen LogP contribution is 2.36. The third-order valence-corrected chi connectivity index (χ3v) is 8.39. The molecule has 3 aliphatic rings. The van der Waals surface area contributed by atoms with Crippen LogP contribution in [0.25, 0.3) is 0 Å². The molecule has 1 unspecified atom stereocenters. The summed E-state index contributed by atoms with van der Waals surface area (Å²) in [5.41, 5.74) is 4.27. The molecule has 2 saturated carbocycles. The van der Waals surface area contributed by atoms with Gasteiger partial charge < -0.3 is 9.64 Å². The van der Waals surface area contributed by atoms with Gasteiger partial charge in [-0.15, -0.1) is 0 Å². The summed E-state index contributed by atoms with van der Waals surface area (Å²) in [6, 6.07) is 15.4. The van der Waals surface area contributed by atoms with Gasteiger partial charge in [0, 0.05) is 17.4 Å². The summed E-state index contributed by atoms with van der Waals surface area (Å²) in [6.45, 7) is 2.06.